The Morgan fingerprint density at radius 3 is 1.39 bits per heavy atom. The van der Waals surface area contributed by atoms with Gasteiger partial charge < -0.3 is 19.5 Å². The van der Waals surface area contributed by atoms with Gasteiger partial charge in [-0.3, -0.25) is 9.59 Å². The second-order valence-corrected chi connectivity index (χ2v) is 15.7. The fourth-order valence-corrected chi connectivity index (χ4v) is 6.08. The van der Waals surface area contributed by atoms with E-state index in [-0.39, 0.29) is 30.6 Å². The molecule has 0 saturated carbocycles. The molecule has 0 aliphatic rings. The van der Waals surface area contributed by atoms with Crippen molar-refractivity contribution in [2.75, 3.05) is 32.8 Å². The van der Waals surface area contributed by atoms with Gasteiger partial charge in [0.1, 0.15) is 0 Å². The van der Waals surface area contributed by atoms with Crippen LogP contribution in [0.4, 0.5) is 0 Å². The molecule has 0 aromatic carbocycles. The number of hydrogen-bond acceptors (Lipinski definition) is 6. The van der Waals surface area contributed by atoms with E-state index in [1.807, 2.05) is 6.92 Å². The molecule has 0 aliphatic carbocycles. The number of rotatable bonds is 35. The van der Waals surface area contributed by atoms with Crippen LogP contribution in [-0.2, 0) is 19.1 Å². The molecule has 0 heterocycles. The SMILES string of the molecule is CCC.CCC.CCC.CCCCCCCCC(C)OC(=O)CCCCCCCN(CCO)CCCCCCCOC(=O)C(CC)CCCCCCCC. The minimum Gasteiger partial charge on any atom is -0.465 e. The molecule has 0 aromatic rings. The summed E-state index contributed by atoms with van der Waals surface area (Å²) >= 11 is 0. The zero-order valence-corrected chi connectivity index (χ0v) is 38.7. The molecule has 0 aromatic heterocycles. The van der Waals surface area contributed by atoms with Crippen LogP contribution < -0.4 is 0 Å². The fraction of sp³-hybridized carbons (Fsp3) is 0.958. The van der Waals surface area contributed by atoms with Crippen molar-refractivity contribution in [3.05, 3.63) is 0 Å². The highest BCUT2D eigenvalue weighted by Crippen LogP contribution is 2.17. The van der Waals surface area contributed by atoms with Crippen LogP contribution in [0.1, 0.15) is 255 Å². The van der Waals surface area contributed by atoms with Crippen LogP contribution in [0.3, 0.4) is 0 Å². The monoisotopic (exact) mass is 772 g/mol. The van der Waals surface area contributed by atoms with Crippen LogP contribution in [0.5, 0.6) is 0 Å². The summed E-state index contributed by atoms with van der Waals surface area (Å²) in [5.41, 5.74) is 0. The Morgan fingerprint density at radius 2 is 0.926 bits per heavy atom. The molecule has 0 aliphatic heterocycles. The first-order valence-electron chi connectivity index (χ1n) is 23.9. The fourth-order valence-electron chi connectivity index (χ4n) is 6.08. The summed E-state index contributed by atoms with van der Waals surface area (Å²) < 4.78 is 11.2. The first kappa shape index (κ1) is 59.6. The maximum Gasteiger partial charge on any atom is 0.308 e. The molecule has 0 radical (unpaired) electrons. The molecule has 1 N–H and O–H groups in total. The van der Waals surface area contributed by atoms with Crippen LogP contribution in [-0.4, -0.2) is 60.9 Å². The van der Waals surface area contributed by atoms with Gasteiger partial charge >= 0.3 is 11.9 Å². The van der Waals surface area contributed by atoms with Crippen molar-refractivity contribution >= 4 is 11.9 Å². The van der Waals surface area contributed by atoms with Gasteiger partial charge in [0.2, 0.25) is 0 Å². The van der Waals surface area contributed by atoms with Crippen molar-refractivity contribution in [2.24, 2.45) is 5.92 Å². The summed E-state index contributed by atoms with van der Waals surface area (Å²) in [4.78, 5) is 26.9. The number of nitrogens with zero attached hydrogens (tertiary/aromatic N) is 1. The number of carbonyl (C=O) groups is 2. The maximum atomic E-state index is 12.4. The number of aliphatic hydroxyl groups excluding tert-OH is 1. The van der Waals surface area contributed by atoms with Crippen LogP contribution in [0.15, 0.2) is 0 Å². The molecule has 0 amide bonds. The van der Waals surface area contributed by atoms with E-state index in [1.54, 1.807) is 0 Å². The third-order valence-corrected chi connectivity index (χ3v) is 9.16. The van der Waals surface area contributed by atoms with Crippen molar-refractivity contribution in [1.29, 1.82) is 0 Å². The summed E-state index contributed by atoms with van der Waals surface area (Å²) in [6.07, 6.45) is 33.4. The van der Waals surface area contributed by atoms with Crippen LogP contribution >= 0.6 is 0 Å². The minimum atomic E-state index is -0.0347. The van der Waals surface area contributed by atoms with E-state index in [4.69, 9.17) is 9.47 Å². The Hall–Kier alpha value is -1.14. The normalized spacial score (nSPS) is 11.7. The number of ether oxygens (including phenoxy) is 2. The average molecular weight is 772 g/mol. The van der Waals surface area contributed by atoms with Gasteiger partial charge in [0.15, 0.2) is 0 Å². The molecule has 54 heavy (non-hydrogen) atoms. The smallest absolute Gasteiger partial charge is 0.308 e. The zero-order chi connectivity index (χ0) is 41.3. The van der Waals surface area contributed by atoms with Crippen molar-refractivity contribution in [2.45, 2.75) is 262 Å². The average Bonchev–Trinajstić information content (AvgIpc) is 3.14. The second-order valence-electron chi connectivity index (χ2n) is 15.7. The van der Waals surface area contributed by atoms with E-state index in [1.165, 1.54) is 103 Å². The van der Waals surface area contributed by atoms with Gasteiger partial charge in [-0.15, -0.1) is 0 Å². The first-order chi connectivity index (χ1) is 26.2. The molecular formula is C48H101NO5. The Balaban J connectivity index is -0.00000125. The van der Waals surface area contributed by atoms with Crippen molar-refractivity contribution in [1.82, 2.24) is 4.90 Å². The predicted molar refractivity (Wildman–Crippen MR) is 238 cm³/mol. The molecule has 0 bridgehead atoms. The Morgan fingerprint density at radius 1 is 0.519 bits per heavy atom. The molecule has 0 rings (SSSR count). The Bertz CT molecular complexity index is 683. The number of unbranched alkanes of at least 4 members (excludes halogenated alkanes) is 18. The largest absolute Gasteiger partial charge is 0.465 e. The van der Waals surface area contributed by atoms with E-state index in [0.717, 1.165) is 96.7 Å². The molecule has 6 heteroatoms. The third-order valence-electron chi connectivity index (χ3n) is 9.16. The summed E-state index contributed by atoms with van der Waals surface area (Å²) in [6.45, 7) is 24.9. The van der Waals surface area contributed by atoms with Gasteiger partial charge in [0, 0.05) is 13.0 Å². The lowest BCUT2D eigenvalue weighted by molar-refractivity contribution is -0.149. The summed E-state index contributed by atoms with van der Waals surface area (Å²) in [5.74, 6) is 0.0512. The number of esters is 2. The highest BCUT2D eigenvalue weighted by atomic mass is 16.5. The van der Waals surface area contributed by atoms with E-state index < -0.39 is 0 Å². The highest BCUT2D eigenvalue weighted by molar-refractivity contribution is 5.72. The van der Waals surface area contributed by atoms with E-state index in [9.17, 15) is 14.7 Å². The van der Waals surface area contributed by atoms with Crippen molar-refractivity contribution < 1.29 is 24.2 Å². The van der Waals surface area contributed by atoms with E-state index in [2.05, 4.69) is 67.2 Å². The van der Waals surface area contributed by atoms with Crippen LogP contribution in [0.2, 0.25) is 0 Å². The van der Waals surface area contributed by atoms with Gasteiger partial charge in [-0.1, -0.05) is 191 Å². The minimum absolute atomic E-state index is 0.0110. The summed E-state index contributed by atoms with van der Waals surface area (Å²) in [5, 5.41) is 9.48. The van der Waals surface area contributed by atoms with Crippen LogP contribution in [0, 0.1) is 5.92 Å². The van der Waals surface area contributed by atoms with Crippen molar-refractivity contribution in [3.63, 3.8) is 0 Å². The lowest BCUT2D eigenvalue weighted by Gasteiger charge is -2.21. The quantitative estimate of drug-likeness (QED) is 0.0511. The predicted octanol–water partition coefficient (Wildman–Crippen LogP) is 14.8. The molecule has 2 atom stereocenters. The van der Waals surface area contributed by atoms with Gasteiger partial charge in [0.05, 0.1) is 25.2 Å². The number of hydrogen-bond donors (Lipinski definition) is 1. The first-order valence-corrected chi connectivity index (χ1v) is 23.9. The maximum absolute atomic E-state index is 12.4. The van der Waals surface area contributed by atoms with E-state index in [0.29, 0.717) is 13.0 Å². The molecule has 0 spiro atoms. The molecule has 328 valence electrons. The van der Waals surface area contributed by atoms with Gasteiger partial charge in [-0.2, -0.15) is 0 Å². The topological polar surface area (TPSA) is 76.1 Å². The molecule has 0 fully saturated rings. The lowest BCUT2D eigenvalue weighted by Crippen LogP contribution is -2.29. The molecular weight excluding hydrogens is 671 g/mol. The summed E-state index contributed by atoms with van der Waals surface area (Å²) in [6, 6.07) is 0. The number of carbonyl (C=O) groups excluding carboxylic acids is 2. The third kappa shape index (κ3) is 53.0. The van der Waals surface area contributed by atoms with Crippen molar-refractivity contribution in [3.8, 4) is 0 Å². The molecule has 0 saturated heterocycles. The van der Waals surface area contributed by atoms with Crippen LogP contribution in [0.25, 0.3) is 0 Å². The van der Waals surface area contributed by atoms with Gasteiger partial charge in [-0.25, -0.2) is 0 Å². The highest BCUT2D eigenvalue weighted by Gasteiger charge is 2.17. The molecule has 6 nitrogen and oxygen atoms in total. The summed E-state index contributed by atoms with van der Waals surface area (Å²) in [7, 11) is 0. The number of aliphatic hydroxyl groups is 1. The van der Waals surface area contributed by atoms with Gasteiger partial charge in [0.25, 0.3) is 0 Å². The van der Waals surface area contributed by atoms with Gasteiger partial charge in [-0.05, 0) is 71.4 Å². The van der Waals surface area contributed by atoms with E-state index >= 15 is 0 Å². The zero-order valence-electron chi connectivity index (χ0n) is 38.7. The molecule has 2 unspecified atom stereocenters. The lowest BCUT2D eigenvalue weighted by atomic mass is 9.98. The Labute approximate surface area is 340 Å². The Kier molecular flexibility index (Phi) is 59.5. The standard InChI is InChI=1S/C39H77NO5.3C3H8/c1-5-8-10-12-16-22-28-36(4)45-38(42)30-24-18-14-19-25-31-40(33-34-41)32-26-20-15-21-27-35-44-39(43)37(7-3)29-23-17-13-11-9-6-2;3*1-3-2/h36-37,41H,5-35H2,1-4H3;3*3H2,1-2H3. The second kappa shape index (κ2) is 54.0.